The molecule has 10 atom stereocenters. The molecule has 2 aromatic carbocycles. The molecule has 124 heavy (non-hydrogen) atoms. The van der Waals surface area contributed by atoms with Gasteiger partial charge in [-0.1, -0.05) is 12.5 Å². The van der Waals surface area contributed by atoms with E-state index < -0.39 is 132 Å². The van der Waals surface area contributed by atoms with E-state index in [1.54, 1.807) is 6.07 Å². The molecule has 0 spiro atoms. The average Bonchev–Trinajstić information content (AvgIpc) is 0.760. The summed E-state index contributed by atoms with van der Waals surface area (Å²) in [6.45, 7) is 9.69. The number of nitrogens with two attached hydrogens (primary N) is 1. The fraction of sp³-hybridized carbons (Fsp3) is 0.571. The normalized spacial score (nSPS) is 15.1. The Kier molecular flexibility index (Phi) is 43.9. The maximum atomic E-state index is 15.0. The maximum absolute atomic E-state index is 15.0. The molecule has 2 aliphatic heterocycles. The van der Waals surface area contributed by atoms with E-state index in [4.69, 9.17) is 47.3 Å². The zero-order valence-electron chi connectivity index (χ0n) is 72.9. The maximum Gasteiger partial charge on any atom is 0.336 e. The number of aliphatic hydroxyl groups is 2. The lowest BCUT2D eigenvalue weighted by molar-refractivity contribution is -0.135. The molecule has 40 nitrogen and oxygen atoms in total. The van der Waals surface area contributed by atoms with Crippen LogP contribution in [0.25, 0.3) is 33.4 Å². The van der Waals surface area contributed by atoms with Gasteiger partial charge in [0.2, 0.25) is 46.7 Å². The van der Waals surface area contributed by atoms with Crippen molar-refractivity contribution in [2.45, 2.75) is 218 Å². The fourth-order valence-electron chi connectivity index (χ4n) is 13.5. The molecule has 0 saturated carbocycles. The molecule has 3 aliphatic rings. The van der Waals surface area contributed by atoms with Crippen molar-refractivity contribution >= 4 is 117 Å². The monoisotopic (exact) mass is 1730 g/mol. The van der Waals surface area contributed by atoms with Crippen molar-refractivity contribution in [3.63, 3.8) is 0 Å². The molecule has 682 valence electrons. The molecule has 0 aromatic heterocycles. The van der Waals surface area contributed by atoms with Crippen molar-refractivity contribution < 1.29 is 77.2 Å². The summed E-state index contributed by atoms with van der Waals surface area (Å²) in [5.74, 6) is -7.32. The minimum absolute atomic E-state index is 0.00927. The van der Waals surface area contributed by atoms with Gasteiger partial charge in [-0.15, -0.1) is 0 Å². The SMILES string of the molecule is CC(=N)NCCCC(NC(=O)C(CCCNC(C)=N)NC(=O)C(CCCNC(C)=N)NC(=O)C(CCCNC(C)=N)NC(=O)C(CCCNC(C)=N)NC(=O)C(CCCNC(C)=N)NC(=O)C(N)CCCNC(=O)c1ccc(-c2c3ccc(=[N+](C)C)cc-3oc3cc(N(C)C)ccc23)c(C(=O)O)c1)C(=O)CNC(=O)CCCCCNC(=O)[C@H]1OC[C@H](O)[C@@H]1O. The van der Waals surface area contributed by atoms with E-state index in [0.717, 1.165) is 11.0 Å². The molecule has 1 fully saturated rings. The van der Waals surface area contributed by atoms with E-state index in [1.165, 1.54) is 53.7 Å². The van der Waals surface area contributed by atoms with Crippen molar-refractivity contribution in [3.05, 3.63) is 71.1 Å². The number of hydrogen-bond donors (Lipinski definition) is 25. The van der Waals surface area contributed by atoms with Crippen molar-refractivity contribution in [1.29, 1.82) is 32.5 Å². The Bertz CT molecular complexity index is 4430. The minimum Gasteiger partial charge on any atom is -0.478 e. The van der Waals surface area contributed by atoms with Crippen molar-refractivity contribution in [3.8, 4) is 22.5 Å². The number of amides is 9. The molecule has 0 radical (unpaired) electrons. The van der Waals surface area contributed by atoms with Gasteiger partial charge < -0.3 is 115 Å². The average molecular weight is 1730 g/mol. The molecule has 2 heterocycles. The zero-order valence-corrected chi connectivity index (χ0v) is 72.9. The number of carbonyl (C=O) groups excluding carboxylic acids is 10. The third-order valence-electron chi connectivity index (χ3n) is 20.3. The molecule has 9 amide bonds. The summed E-state index contributed by atoms with van der Waals surface area (Å²) in [5.41, 5.74) is 9.36. The molecule has 2 aromatic rings. The third-order valence-corrected chi connectivity index (χ3v) is 20.3. The molecule has 0 bridgehead atoms. The number of carboxylic acid groups (broad SMARTS) is 1. The molecular formula is C84H131N24O16+. The predicted octanol–water partition coefficient (Wildman–Crippen LogP) is 0.431. The van der Waals surface area contributed by atoms with Crippen LogP contribution in [0.15, 0.2) is 59.0 Å². The molecule has 1 saturated heterocycles. The van der Waals surface area contributed by atoms with Crippen LogP contribution in [0.4, 0.5) is 5.69 Å². The second-order valence-electron chi connectivity index (χ2n) is 31.4. The van der Waals surface area contributed by atoms with E-state index in [9.17, 15) is 63.3 Å². The quantitative estimate of drug-likeness (QED) is 0.00937. The highest BCUT2D eigenvalue weighted by Gasteiger charge is 2.40. The van der Waals surface area contributed by atoms with Gasteiger partial charge in [-0.3, -0.25) is 80.4 Å². The largest absolute Gasteiger partial charge is 0.478 e. The van der Waals surface area contributed by atoms with Gasteiger partial charge >= 0.3 is 5.97 Å². The number of nitrogens with one attached hydrogen (secondary N) is 21. The number of amidine groups is 6. The van der Waals surface area contributed by atoms with E-state index in [1.807, 2.05) is 74.1 Å². The number of carboxylic acids is 1. The van der Waals surface area contributed by atoms with Crippen LogP contribution in [0.2, 0.25) is 0 Å². The number of hydrogen-bond acceptors (Lipinski definition) is 23. The van der Waals surface area contributed by atoms with Gasteiger partial charge in [0.15, 0.2) is 11.9 Å². The van der Waals surface area contributed by atoms with Gasteiger partial charge in [-0.2, -0.15) is 0 Å². The number of ether oxygens (including phenoxy) is 1. The Balaban J connectivity index is 1.35. The summed E-state index contributed by atoms with van der Waals surface area (Å²) in [7, 11) is 7.58. The van der Waals surface area contributed by atoms with Gasteiger partial charge in [0.1, 0.15) is 67.9 Å². The predicted molar refractivity (Wildman–Crippen MR) is 473 cm³/mol. The van der Waals surface area contributed by atoms with Crippen LogP contribution in [0.3, 0.4) is 0 Å². The van der Waals surface area contributed by atoms with Crippen LogP contribution in [0.1, 0.15) is 178 Å². The van der Waals surface area contributed by atoms with Crippen molar-refractivity contribution in [1.82, 2.24) is 84.3 Å². The van der Waals surface area contributed by atoms with Crippen LogP contribution in [-0.2, 0) is 47.9 Å². The summed E-state index contributed by atoms with van der Waals surface area (Å²) in [4.78, 5) is 157. The molecular weight excluding hydrogens is 1600 g/mol. The number of fused-ring (bicyclic) bond motifs is 2. The first kappa shape index (κ1) is 103. The smallest absolute Gasteiger partial charge is 0.336 e. The number of aliphatic hydroxyl groups excluding tert-OH is 2. The molecule has 26 N–H and O–H groups in total. The number of nitrogens with zero attached hydrogens (tertiary/aromatic N) is 2. The Labute approximate surface area is 723 Å². The van der Waals surface area contributed by atoms with Crippen LogP contribution in [0.5, 0.6) is 0 Å². The number of benzene rings is 3. The summed E-state index contributed by atoms with van der Waals surface area (Å²) >= 11 is 0. The van der Waals surface area contributed by atoms with Crippen LogP contribution < -0.4 is 100 Å². The molecule has 1 aliphatic carbocycles. The van der Waals surface area contributed by atoms with Crippen molar-refractivity contribution in [2.75, 3.05) is 98.6 Å². The van der Waals surface area contributed by atoms with E-state index in [-0.39, 0.29) is 201 Å². The number of ketones is 1. The highest BCUT2D eigenvalue weighted by Crippen LogP contribution is 2.42. The van der Waals surface area contributed by atoms with Gasteiger partial charge in [-0.05, 0) is 180 Å². The zero-order chi connectivity index (χ0) is 91.7. The summed E-state index contributed by atoms with van der Waals surface area (Å²) in [6.07, 6.45) is -1.47. The number of aromatic carboxylic acids is 1. The second-order valence-corrected chi connectivity index (χ2v) is 31.4. The highest BCUT2D eigenvalue weighted by molar-refractivity contribution is 6.10. The van der Waals surface area contributed by atoms with E-state index >= 15 is 4.79 Å². The van der Waals surface area contributed by atoms with Crippen LogP contribution in [0, 0.1) is 32.5 Å². The van der Waals surface area contributed by atoms with E-state index in [2.05, 4.69) is 79.8 Å². The molecule has 7 unspecified atom stereocenters. The van der Waals surface area contributed by atoms with Gasteiger partial charge in [-0.25, -0.2) is 9.37 Å². The number of unbranched alkanes of at least 4 members (excludes halogenated alkanes) is 2. The second kappa shape index (κ2) is 53.1. The van der Waals surface area contributed by atoms with Crippen molar-refractivity contribution in [2.24, 2.45) is 5.73 Å². The Morgan fingerprint density at radius 3 is 1.31 bits per heavy atom. The number of anilines is 1. The van der Waals surface area contributed by atoms with Gasteiger partial charge in [0.05, 0.1) is 71.9 Å². The first-order valence-corrected chi connectivity index (χ1v) is 42.1. The summed E-state index contributed by atoms with van der Waals surface area (Å²) in [5, 5.41) is 121. The third kappa shape index (κ3) is 35.8. The highest BCUT2D eigenvalue weighted by atomic mass is 16.5. The van der Waals surface area contributed by atoms with E-state index in [0.29, 0.717) is 52.7 Å². The number of rotatable bonds is 54. The summed E-state index contributed by atoms with van der Waals surface area (Å²) in [6, 6.07) is 6.14. The lowest BCUT2D eigenvalue weighted by Gasteiger charge is -2.28. The molecule has 5 rings (SSSR count). The minimum atomic E-state index is -1.46. The Morgan fingerprint density at radius 1 is 0.476 bits per heavy atom. The van der Waals surface area contributed by atoms with Crippen LogP contribution in [-0.4, -0.2) is 270 Å². The first-order chi connectivity index (χ1) is 58.8. The number of carbonyl (C=O) groups is 11. The van der Waals surface area contributed by atoms with Crippen LogP contribution >= 0.6 is 0 Å². The fourth-order valence-corrected chi connectivity index (χ4v) is 13.5. The topological polar surface area (TPSA) is 627 Å². The molecule has 40 heteroatoms. The van der Waals surface area contributed by atoms with Gasteiger partial charge in [0, 0.05) is 113 Å². The van der Waals surface area contributed by atoms with Gasteiger partial charge in [0.25, 0.3) is 11.8 Å². The Morgan fingerprint density at radius 2 is 0.887 bits per heavy atom. The lowest BCUT2D eigenvalue weighted by atomic mass is 9.89. The number of Topliss-reactive ketones (excluding diaryl/α,β-unsaturated/α-hetero) is 1. The Hall–Kier alpha value is -12.0. The standard InChI is InChI=1S/C84H130N24O16/c1-48(85)92-36-15-22-62(68(109)46-100-72(111)28-12-11-13-35-99-83(120)75-74(112)69(110)47-123-75)101-78(115)64(24-17-38-94-50(3)87)103-80(117)66(26-19-40-96-52(5)89)105-82(119)67(27-20-41-97-53(6)90)106-81(118)65(25-18-39-95-51(4)88)104-79(116)63(23-16-37-93-49(2)86)102-77(114)61(91)21-14-42-98-76(113)54-29-32-57(60(43-54)84(121)122)73-58-33-30-55(107(7)8)44-70(58)124-71-45-56(108(9)10)31-34-59(71)73/h29-34,43-45,61-67,69,74-75,110,112H,11-28,35-42,46-47,91H2,1-10H3,(H21-,85,86,87,88,89,90,92,93,94,95,96,97,98,99,100,101,102,103,104,105,106,111,113,114,115,116,117,118,119,120,121,122)/p+1/t61?,62?,63?,64?,65?,66?,67?,69-,74-,75-/m0/s1. The lowest BCUT2D eigenvalue weighted by Crippen LogP contribution is -2.60. The summed E-state index contributed by atoms with van der Waals surface area (Å²) < 4.78 is 13.5. The first-order valence-electron chi connectivity index (χ1n) is 42.1.